The second kappa shape index (κ2) is 13.4. The van der Waals surface area contributed by atoms with E-state index in [4.69, 9.17) is 19.0 Å². The van der Waals surface area contributed by atoms with Gasteiger partial charge in [0.1, 0.15) is 18.1 Å². The number of rotatable bonds is 9. The minimum Gasteiger partial charge on any atom is -0.457 e. The second-order valence-electron chi connectivity index (χ2n) is 10.3. The average Bonchev–Trinajstić information content (AvgIpc) is 3.04. The molecule has 2 aliphatic rings. The molecule has 2 heterocycles. The quantitative estimate of drug-likeness (QED) is 0.344. The maximum Gasteiger partial charge on any atom is 0.410 e. The molecule has 1 N–H and O–H groups in total. The normalized spacial score (nSPS) is 18.6. The Balaban J connectivity index is 1.32. The van der Waals surface area contributed by atoms with Crippen LogP contribution in [-0.2, 0) is 35.5 Å². The van der Waals surface area contributed by atoms with Crippen LogP contribution in [0.3, 0.4) is 0 Å². The highest BCUT2D eigenvalue weighted by atomic mass is 32.2. The molecule has 2 fully saturated rings. The standard InChI is InChI=1S/C31H34N2O8S/c34-29(32-41-28-13-7-8-22-38-28)31(18-20-33(21-19-31)30(35)39-23-24-9-3-1-4-10-24)42(36,37)27-16-14-26(15-17-27)40-25-11-5-2-6-12-25/h1-6,9-12,14-17,28H,7-8,13,18-23H2,(H,32,34). The highest BCUT2D eigenvalue weighted by Gasteiger charge is 2.54. The van der Waals surface area contributed by atoms with Crippen molar-refractivity contribution in [1.82, 2.24) is 10.4 Å². The number of para-hydroxylation sites is 1. The van der Waals surface area contributed by atoms with Crippen LogP contribution in [0.4, 0.5) is 4.79 Å². The van der Waals surface area contributed by atoms with Crippen LogP contribution < -0.4 is 10.2 Å². The summed E-state index contributed by atoms with van der Waals surface area (Å²) in [6, 6.07) is 24.3. The third-order valence-electron chi connectivity index (χ3n) is 7.50. The predicted octanol–water partition coefficient (Wildman–Crippen LogP) is 5.00. The molecule has 0 radical (unpaired) electrons. The molecular weight excluding hydrogens is 560 g/mol. The monoisotopic (exact) mass is 594 g/mol. The Labute approximate surface area is 245 Å². The van der Waals surface area contributed by atoms with Crippen LogP contribution in [0.15, 0.2) is 89.8 Å². The van der Waals surface area contributed by atoms with E-state index in [0.29, 0.717) is 24.5 Å². The molecule has 2 saturated heterocycles. The van der Waals surface area contributed by atoms with Gasteiger partial charge in [0.2, 0.25) is 0 Å². The highest BCUT2D eigenvalue weighted by Crippen LogP contribution is 2.37. The number of benzene rings is 3. The van der Waals surface area contributed by atoms with E-state index in [1.54, 1.807) is 24.3 Å². The molecule has 0 aromatic heterocycles. The summed E-state index contributed by atoms with van der Waals surface area (Å²) in [5, 5.41) is 0. The van der Waals surface area contributed by atoms with Crippen molar-refractivity contribution in [2.45, 2.75) is 54.6 Å². The molecule has 222 valence electrons. The number of amides is 2. The maximum atomic E-state index is 14.1. The van der Waals surface area contributed by atoms with Gasteiger partial charge in [-0.1, -0.05) is 48.5 Å². The van der Waals surface area contributed by atoms with Gasteiger partial charge in [-0.25, -0.2) is 23.5 Å². The number of nitrogens with zero attached hydrogens (tertiary/aromatic N) is 1. The Bertz CT molecular complexity index is 1440. The largest absolute Gasteiger partial charge is 0.457 e. The summed E-state index contributed by atoms with van der Waals surface area (Å²) in [5.41, 5.74) is 3.21. The number of nitrogens with one attached hydrogen (secondary N) is 1. The molecule has 3 aromatic rings. The number of carbonyl (C=O) groups is 2. The Kier molecular flexibility index (Phi) is 9.41. The number of ether oxygens (including phenoxy) is 3. The Morgan fingerprint density at radius 2 is 1.52 bits per heavy atom. The SMILES string of the molecule is O=C(OCc1ccccc1)N1CCC(C(=O)NOC2CCCCO2)(S(=O)(=O)c2ccc(Oc3ccccc3)cc2)CC1. The molecular formula is C31H34N2O8S. The number of carbonyl (C=O) groups excluding carboxylic acids is 2. The van der Waals surface area contributed by atoms with E-state index in [-0.39, 0.29) is 37.4 Å². The zero-order valence-corrected chi connectivity index (χ0v) is 24.0. The Morgan fingerprint density at radius 3 is 2.17 bits per heavy atom. The van der Waals surface area contributed by atoms with Crippen molar-refractivity contribution < 1.29 is 37.1 Å². The van der Waals surface area contributed by atoms with Crippen molar-refractivity contribution in [2.24, 2.45) is 0 Å². The lowest BCUT2D eigenvalue weighted by Gasteiger charge is -2.39. The predicted molar refractivity (Wildman–Crippen MR) is 153 cm³/mol. The topological polar surface area (TPSA) is 120 Å². The lowest BCUT2D eigenvalue weighted by Crippen LogP contribution is -2.59. The molecule has 0 spiro atoms. The first-order valence-electron chi connectivity index (χ1n) is 14.0. The zero-order chi connectivity index (χ0) is 29.4. The molecule has 0 saturated carbocycles. The van der Waals surface area contributed by atoms with E-state index in [9.17, 15) is 18.0 Å². The Morgan fingerprint density at radius 1 is 0.881 bits per heavy atom. The van der Waals surface area contributed by atoms with Crippen LogP contribution in [0.5, 0.6) is 11.5 Å². The van der Waals surface area contributed by atoms with Crippen LogP contribution in [0.25, 0.3) is 0 Å². The zero-order valence-electron chi connectivity index (χ0n) is 23.1. The van der Waals surface area contributed by atoms with Gasteiger partial charge in [0.05, 0.1) is 4.90 Å². The lowest BCUT2D eigenvalue weighted by molar-refractivity contribution is -0.202. The lowest BCUT2D eigenvalue weighted by atomic mass is 9.95. The average molecular weight is 595 g/mol. The van der Waals surface area contributed by atoms with Gasteiger partial charge in [-0.15, -0.1) is 0 Å². The molecule has 42 heavy (non-hydrogen) atoms. The summed E-state index contributed by atoms with van der Waals surface area (Å²) >= 11 is 0. The molecule has 5 rings (SSSR count). The summed E-state index contributed by atoms with van der Waals surface area (Å²) < 4.78 is 43.2. The van der Waals surface area contributed by atoms with Gasteiger partial charge in [-0.2, -0.15) is 0 Å². The number of hydrogen-bond donors (Lipinski definition) is 1. The van der Waals surface area contributed by atoms with Gasteiger partial charge in [-0.3, -0.25) is 4.79 Å². The van der Waals surface area contributed by atoms with Crippen molar-refractivity contribution in [1.29, 1.82) is 0 Å². The smallest absolute Gasteiger partial charge is 0.410 e. The third kappa shape index (κ3) is 6.75. The second-order valence-corrected chi connectivity index (χ2v) is 12.5. The fraction of sp³-hybridized carbons (Fsp3) is 0.355. The molecule has 2 aliphatic heterocycles. The summed E-state index contributed by atoms with van der Waals surface area (Å²) in [6.07, 6.45) is 0.860. The Hall–Kier alpha value is -3.93. The first kappa shape index (κ1) is 29.6. The van der Waals surface area contributed by atoms with Gasteiger partial charge in [0, 0.05) is 26.1 Å². The van der Waals surface area contributed by atoms with Crippen LogP contribution in [-0.4, -0.2) is 56.1 Å². The van der Waals surface area contributed by atoms with Crippen LogP contribution in [0, 0.1) is 0 Å². The van der Waals surface area contributed by atoms with Crippen molar-refractivity contribution in [2.75, 3.05) is 19.7 Å². The van der Waals surface area contributed by atoms with E-state index < -0.39 is 32.9 Å². The molecule has 0 bridgehead atoms. The van der Waals surface area contributed by atoms with E-state index in [1.807, 2.05) is 48.5 Å². The number of likely N-dealkylation sites (tertiary alicyclic amines) is 1. The van der Waals surface area contributed by atoms with Crippen molar-refractivity contribution in [3.8, 4) is 11.5 Å². The molecule has 11 heteroatoms. The van der Waals surface area contributed by atoms with E-state index >= 15 is 0 Å². The first-order valence-corrected chi connectivity index (χ1v) is 15.5. The van der Waals surface area contributed by atoms with Gasteiger partial charge >= 0.3 is 6.09 Å². The first-order chi connectivity index (χ1) is 20.4. The van der Waals surface area contributed by atoms with Crippen LogP contribution in [0.2, 0.25) is 0 Å². The minimum atomic E-state index is -4.24. The van der Waals surface area contributed by atoms with Crippen LogP contribution >= 0.6 is 0 Å². The maximum absolute atomic E-state index is 14.1. The van der Waals surface area contributed by atoms with E-state index in [2.05, 4.69) is 5.48 Å². The molecule has 1 unspecified atom stereocenters. The van der Waals surface area contributed by atoms with Crippen LogP contribution in [0.1, 0.15) is 37.7 Å². The van der Waals surface area contributed by atoms with Gasteiger partial charge in [-0.05, 0) is 67.6 Å². The highest BCUT2D eigenvalue weighted by molar-refractivity contribution is 7.93. The van der Waals surface area contributed by atoms with Gasteiger partial charge in [0.25, 0.3) is 5.91 Å². The summed E-state index contributed by atoms with van der Waals surface area (Å²) in [6.45, 7) is 0.610. The fourth-order valence-electron chi connectivity index (χ4n) is 5.03. The van der Waals surface area contributed by atoms with Gasteiger partial charge < -0.3 is 19.1 Å². The molecule has 3 aromatic carbocycles. The number of hydrogen-bond acceptors (Lipinski definition) is 8. The minimum absolute atomic E-state index is 0.00933. The fourth-order valence-corrected chi connectivity index (χ4v) is 6.98. The molecule has 2 amide bonds. The number of hydroxylamine groups is 1. The van der Waals surface area contributed by atoms with Crippen molar-refractivity contribution in [3.63, 3.8) is 0 Å². The molecule has 10 nitrogen and oxygen atoms in total. The number of sulfone groups is 1. The summed E-state index contributed by atoms with van der Waals surface area (Å²) in [4.78, 5) is 33.3. The van der Waals surface area contributed by atoms with E-state index in [0.717, 1.165) is 18.4 Å². The molecule has 0 aliphatic carbocycles. The van der Waals surface area contributed by atoms with Crippen molar-refractivity contribution in [3.05, 3.63) is 90.5 Å². The van der Waals surface area contributed by atoms with E-state index in [1.165, 1.54) is 17.0 Å². The summed E-state index contributed by atoms with van der Waals surface area (Å²) in [5.74, 6) is 0.267. The van der Waals surface area contributed by atoms with Crippen molar-refractivity contribution >= 4 is 21.8 Å². The summed E-state index contributed by atoms with van der Waals surface area (Å²) in [7, 11) is -4.24. The van der Waals surface area contributed by atoms with Gasteiger partial charge in [0.15, 0.2) is 20.9 Å². The third-order valence-corrected chi connectivity index (χ3v) is 10.0. The molecule has 1 atom stereocenters. The number of piperidine rings is 1.